The lowest BCUT2D eigenvalue weighted by atomic mass is 10.0. The number of hydrogen-bond acceptors (Lipinski definition) is 4. The van der Waals surface area contributed by atoms with E-state index >= 15 is 0 Å². The molecule has 4 rings (SSSR count). The number of nitrogens with zero attached hydrogens (tertiary/aromatic N) is 3. The van der Waals surface area contributed by atoms with Gasteiger partial charge in [0, 0.05) is 45.8 Å². The molecule has 0 N–H and O–H groups in total. The third-order valence-electron chi connectivity index (χ3n) is 5.87. The summed E-state index contributed by atoms with van der Waals surface area (Å²) >= 11 is 0. The number of rotatable bonds is 4. The smallest absolute Gasteiger partial charge is 0.236 e. The van der Waals surface area contributed by atoms with Gasteiger partial charge in [-0.2, -0.15) is 0 Å². The molecule has 2 heterocycles. The molecule has 2 atom stereocenters. The summed E-state index contributed by atoms with van der Waals surface area (Å²) in [7, 11) is 0. The van der Waals surface area contributed by atoms with Crippen molar-refractivity contribution in [2.75, 3.05) is 45.8 Å². The molecule has 0 aliphatic carbocycles. The maximum atomic E-state index is 12.7. The van der Waals surface area contributed by atoms with Crippen LogP contribution in [0.25, 0.3) is 10.8 Å². The Balaban J connectivity index is 1.29. The van der Waals surface area contributed by atoms with E-state index in [0.717, 1.165) is 32.7 Å². The molecule has 0 aromatic heterocycles. The molecule has 0 radical (unpaired) electrons. The van der Waals surface area contributed by atoms with Crippen LogP contribution in [0.1, 0.15) is 19.4 Å². The van der Waals surface area contributed by atoms with E-state index in [0.29, 0.717) is 19.6 Å². The van der Waals surface area contributed by atoms with Crippen molar-refractivity contribution in [2.24, 2.45) is 0 Å². The first-order valence-corrected chi connectivity index (χ1v) is 10.4. The zero-order valence-electron chi connectivity index (χ0n) is 17.0. The Kier molecular flexibility index (Phi) is 5.95. The lowest BCUT2D eigenvalue weighted by molar-refractivity contribution is -0.144. The first-order chi connectivity index (χ1) is 13.6. The molecule has 2 aliphatic heterocycles. The van der Waals surface area contributed by atoms with E-state index in [9.17, 15) is 4.79 Å². The Morgan fingerprint density at radius 2 is 1.57 bits per heavy atom. The molecule has 2 saturated heterocycles. The monoisotopic (exact) mass is 381 g/mol. The van der Waals surface area contributed by atoms with E-state index in [4.69, 9.17) is 4.74 Å². The first kappa shape index (κ1) is 19.4. The van der Waals surface area contributed by atoms with Crippen molar-refractivity contribution in [3.8, 4) is 0 Å². The predicted octanol–water partition coefficient (Wildman–Crippen LogP) is 2.59. The van der Waals surface area contributed by atoms with E-state index in [1.807, 2.05) is 18.7 Å². The third kappa shape index (κ3) is 4.54. The molecule has 1 amide bonds. The van der Waals surface area contributed by atoms with Crippen molar-refractivity contribution in [1.82, 2.24) is 14.7 Å². The predicted molar refractivity (Wildman–Crippen MR) is 112 cm³/mol. The molecule has 150 valence electrons. The second kappa shape index (κ2) is 8.60. The standard InChI is InChI=1S/C23H31N3O2/c1-18-14-26(15-19(2)28-18)23(27)17-25-12-10-24(11-13-25)16-21-8-5-7-20-6-3-4-9-22(20)21/h3-9,18-19H,10-17H2,1-2H3/t18-,19-/m0/s1. The summed E-state index contributed by atoms with van der Waals surface area (Å²) in [6.07, 6.45) is 0.260. The van der Waals surface area contributed by atoms with Gasteiger partial charge in [0.1, 0.15) is 0 Å². The first-order valence-electron chi connectivity index (χ1n) is 10.4. The number of benzene rings is 2. The summed E-state index contributed by atoms with van der Waals surface area (Å²) in [5.41, 5.74) is 1.39. The van der Waals surface area contributed by atoms with Crippen molar-refractivity contribution in [2.45, 2.75) is 32.6 Å². The average Bonchev–Trinajstić information content (AvgIpc) is 2.69. The maximum Gasteiger partial charge on any atom is 0.236 e. The Labute approximate surface area is 167 Å². The van der Waals surface area contributed by atoms with Crippen LogP contribution in [-0.2, 0) is 16.1 Å². The number of carbonyl (C=O) groups is 1. The van der Waals surface area contributed by atoms with Gasteiger partial charge in [0.25, 0.3) is 0 Å². The van der Waals surface area contributed by atoms with Crippen LogP contribution in [-0.4, -0.2) is 78.6 Å². The van der Waals surface area contributed by atoms with E-state index < -0.39 is 0 Å². The van der Waals surface area contributed by atoms with E-state index in [1.165, 1.54) is 16.3 Å². The van der Waals surface area contributed by atoms with Crippen LogP contribution >= 0.6 is 0 Å². The molecule has 0 bridgehead atoms. The van der Waals surface area contributed by atoms with Crippen LogP contribution in [0.2, 0.25) is 0 Å². The Morgan fingerprint density at radius 1 is 0.929 bits per heavy atom. The van der Waals surface area contributed by atoms with Crippen LogP contribution in [0.15, 0.2) is 42.5 Å². The molecule has 28 heavy (non-hydrogen) atoms. The normalized spacial score (nSPS) is 24.6. The highest BCUT2D eigenvalue weighted by Gasteiger charge is 2.28. The second-order valence-corrected chi connectivity index (χ2v) is 8.25. The minimum absolute atomic E-state index is 0.130. The number of fused-ring (bicyclic) bond motifs is 1. The van der Waals surface area contributed by atoms with Crippen molar-refractivity contribution < 1.29 is 9.53 Å². The molecule has 0 unspecified atom stereocenters. The quantitative estimate of drug-likeness (QED) is 0.816. The molecular weight excluding hydrogens is 350 g/mol. The van der Waals surface area contributed by atoms with Crippen LogP contribution in [0.5, 0.6) is 0 Å². The van der Waals surface area contributed by atoms with Gasteiger partial charge in [0.2, 0.25) is 5.91 Å². The van der Waals surface area contributed by atoms with Crippen molar-refractivity contribution in [3.05, 3.63) is 48.0 Å². The number of carbonyl (C=O) groups excluding carboxylic acids is 1. The topological polar surface area (TPSA) is 36.0 Å². The molecule has 2 aliphatic rings. The summed E-state index contributed by atoms with van der Waals surface area (Å²) < 4.78 is 5.74. The lowest BCUT2D eigenvalue weighted by Crippen LogP contribution is -2.53. The van der Waals surface area contributed by atoms with Gasteiger partial charge in [-0.05, 0) is 30.2 Å². The number of ether oxygens (including phenoxy) is 1. The maximum absolute atomic E-state index is 12.7. The van der Waals surface area contributed by atoms with Crippen molar-refractivity contribution in [3.63, 3.8) is 0 Å². The Morgan fingerprint density at radius 3 is 2.32 bits per heavy atom. The van der Waals surface area contributed by atoms with Gasteiger partial charge in [-0.3, -0.25) is 14.6 Å². The summed E-state index contributed by atoms with van der Waals surface area (Å²) in [5, 5.41) is 2.65. The summed E-state index contributed by atoms with van der Waals surface area (Å²) in [6, 6.07) is 15.2. The highest BCUT2D eigenvalue weighted by Crippen LogP contribution is 2.20. The zero-order valence-corrected chi connectivity index (χ0v) is 17.0. The van der Waals surface area contributed by atoms with E-state index in [1.54, 1.807) is 0 Å². The summed E-state index contributed by atoms with van der Waals surface area (Å²) in [4.78, 5) is 19.5. The van der Waals surface area contributed by atoms with Crippen LogP contribution in [0.3, 0.4) is 0 Å². The summed E-state index contributed by atoms with van der Waals surface area (Å²) in [5.74, 6) is 0.240. The van der Waals surface area contributed by atoms with E-state index in [2.05, 4.69) is 52.3 Å². The minimum Gasteiger partial charge on any atom is -0.372 e. The van der Waals surface area contributed by atoms with E-state index in [-0.39, 0.29) is 18.1 Å². The van der Waals surface area contributed by atoms with Gasteiger partial charge < -0.3 is 9.64 Å². The molecule has 5 nitrogen and oxygen atoms in total. The number of amides is 1. The molecule has 0 spiro atoms. The molecule has 2 fully saturated rings. The Hall–Kier alpha value is -1.95. The fraction of sp³-hybridized carbons (Fsp3) is 0.522. The number of hydrogen-bond donors (Lipinski definition) is 0. The number of piperazine rings is 1. The zero-order chi connectivity index (χ0) is 19.5. The van der Waals surface area contributed by atoms with Gasteiger partial charge in [0.05, 0.1) is 18.8 Å². The van der Waals surface area contributed by atoms with Gasteiger partial charge in [-0.25, -0.2) is 0 Å². The van der Waals surface area contributed by atoms with Gasteiger partial charge in [-0.1, -0.05) is 42.5 Å². The van der Waals surface area contributed by atoms with Crippen LogP contribution in [0, 0.1) is 0 Å². The number of morpholine rings is 1. The largest absolute Gasteiger partial charge is 0.372 e. The van der Waals surface area contributed by atoms with Gasteiger partial charge >= 0.3 is 0 Å². The fourth-order valence-corrected chi connectivity index (χ4v) is 4.45. The third-order valence-corrected chi connectivity index (χ3v) is 5.87. The SMILES string of the molecule is C[C@H]1CN(C(=O)CN2CCN(Cc3cccc4ccccc34)CC2)C[C@H](C)O1. The minimum atomic E-state index is 0.130. The van der Waals surface area contributed by atoms with Crippen LogP contribution in [0.4, 0.5) is 0 Å². The van der Waals surface area contributed by atoms with Crippen molar-refractivity contribution >= 4 is 16.7 Å². The lowest BCUT2D eigenvalue weighted by Gasteiger charge is -2.38. The highest BCUT2D eigenvalue weighted by atomic mass is 16.5. The molecular formula is C23H31N3O2. The highest BCUT2D eigenvalue weighted by molar-refractivity contribution is 5.85. The molecule has 5 heteroatoms. The molecule has 2 aromatic carbocycles. The average molecular weight is 382 g/mol. The van der Waals surface area contributed by atoms with Gasteiger partial charge in [-0.15, -0.1) is 0 Å². The summed E-state index contributed by atoms with van der Waals surface area (Å²) in [6.45, 7) is 10.9. The molecule has 0 saturated carbocycles. The molecule has 2 aromatic rings. The van der Waals surface area contributed by atoms with Crippen molar-refractivity contribution in [1.29, 1.82) is 0 Å². The second-order valence-electron chi connectivity index (χ2n) is 8.25. The van der Waals surface area contributed by atoms with Crippen LogP contribution < -0.4 is 0 Å². The fourth-order valence-electron chi connectivity index (χ4n) is 4.45. The van der Waals surface area contributed by atoms with Gasteiger partial charge in [0.15, 0.2) is 0 Å². The Bertz CT molecular complexity index is 801.